The molecule has 0 radical (unpaired) electrons. The molecule has 1 saturated heterocycles. The first kappa shape index (κ1) is 17.1. The van der Waals surface area contributed by atoms with Crippen molar-refractivity contribution < 1.29 is 9.53 Å². The predicted molar refractivity (Wildman–Crippen MR) is 96.8 cm³/mol. The van der Waals surface area contributed by atoms with Crippen molar-refractivity contribution in [3.63, 3.8) is 0 Å². The fraction of sp³-hybridized carbons (Fsp3) is 0.955. The monoisotopic (exact) mass is 332 g/mol. The number of carbonyl (C=O) groups excluding carboxylic acids is 1. The molecule has 4 rings (SSSR count). The quantitative estimate of drug-likeness (QED) is 0.631. The Morgan fingerprint density at radius 2 is 1.83 bits per heavy atom. The second-order valence-corrected chi connectivity index (χ2v) is 9.57. The highest BCUT2D eigenvalue weighted by Crippen LogP contribution is 2.57. The average Bonchev–Trinajstić information content (AvgIpc) is 3.12. The molecule has 0 bridgehead atoms. The summed E-state index contributed by atoms with van der Waals surface area (Å²) in [6.45, 7) is 5.20. The summed E-state index contributed by atoms with van der Waals surface area (Å²) in [5.41, 5.74) is 0.330. The number of epoxide rings is 1. The Kier molecular flexibility index (Phi) is 4.79. The predicted octanol–water partition coefficient (Wildman–Crippen LogP) is 5.39. The summed E-state index contributed by atoms with van der Waals surface area (Å²) in [5.74, 6) is 5.42. The molecule has 1 unspecified atom stereocenters. The van der Waals surface area contributed by atoms with Gasteiger partial charge in [0.25, 0.3) is 0 Å². The van der Waals surface area contributed by atoms with E-state index in [1.165, 1.54) is 70.6 Å². The van der Waals surface area contributed by atoms with Gasteiger partial charge in [0, 0.05) is 5.92 Å². The van der Waals surface area contributed by atoms with Crippen LogP contribution in [0.2, 0.25) is 0 Å². The third-order valence-corrected chi connectivity index (χ3v) is 8.24. The van der Waals surface area contributed by atoms with Crippen molar-refractivity contribution in [1.29, 1.82) is 0 Å². The van der Waals surface area contributed by atoms with Gasteiger partial charge in [0.15, 0.2) is 0 Å². The lowest BCUT2D eigenvalue weighted by atomic mass is 9.56. The van der Waals surface area contributed by atoms with Crippen LogP contribution in [0.4, 0.5) is 0 Å². The Hall–Kier alpha value is -0.370. The van der Waals surface area contributed by atoms with Gasteiger partial charge in [-0.3, -0.25) is 4.79 Å². The smallest absolute Gasteiger partial charge is 0.132 e. The van der Waals surface area contributed by atoms with Gasteiger partial charge in [-0.2, -0.15) is 0 Å². The molecule has 1 spiro atoms. The van der Waals surface area contributed by atoms with E-state index in [4.69, 9.17) is 4.74 Å². The molecule has 1 aliphatic heterocycles. The molecule has 4 aliphatic rings. The highest BCUT2D eigenvalue weighted by Gasteiger charge is 2.54. The Balaban J connectivity index is 1.46. The van der Waals surface area contributed by atoms with Gasteiger partial charge < -0.3 is 4.74 Å². The Labute approximate surface area is 148 Å². The number of ether oxygens (including phenoxy) is 1. The molecule has 0 aromatic heterocycles. The van der Waals surface area contributed by atoms with Crippen LogP contribution in [0.25, 0.3) is 0 Å². The molecule has 24 heavy (non-hydrogen) atoms. The van der Waals surface area contributed by atoms with Crippen LogP contribution in [0.3, 0.4) is 0 Å². The van der Waals surface area contributed by atoms with Gasteiger partial charge in [0.2, 0.25) is 0 Å². The molecular weight excluding hydrogens is 296 g/mol. The van der Waals surface area contributed by atoms with Gasteiger partial charge in [-0.05, 0) is 94.3 Å². The van der Waals surface area contributed by atoms with Crippen LogP contribution in [-0.4, -0.2) is 18.0 Å². The number of carbonyl (C=O) groups is 1. The molecule has 7 atom stereocenters. The summed E-state index contributed by atoms with van der Waals surface area (Å²) in [5, 5.41) is 0. The topological polar surface area (TPSA) is 29.6 Å². The van der Waals surface area contributed by atoms with Crippen molar-refractivity contribution in [3.8, 4) is 0 Å². The lowest BCUT2D eigenvalue weighted by molar-refractivity contribution is -0.120. The van der Waals surface area contributed by atoms with Crippen LogP contribution in [0.1, 0.15) is 84.5 Å². The normalized spacial score (nSPS) is 47.6. The lowest BCUT2D eigenvalue weighted by Crippen LogP contribution is -2.42. The van der Waals surface area contributed by atoms with Crippen molar-refractivity contribution in [2.24, 2.45) is 35.5 Å². The van der Waals surface area contributed by atoms with Gasteiger partial charge in [-0.1, -0.05) is 19.8 Å². The van der Waals surface area contributed by atoms with Crippen LogP contribution < -0.4 is 0 Å². The number of hydrogen-bond acceptors (Lipinski definition) is 2. The number of unbranched alkanes of at least 4 members (excludes halogenated alkanes) is 1. The van der Waals surface area contributed by atoms with Gasteiger partial charge in [-0.25, -0.2) is 0 Å². The molecule has 3 saturated carbocycles. The minimum Gasteiger partial charge on any atom is -0.370 e. The minimum atomic E-state index is 0.330. The van der Waals surface area contributed by atoms with Crippen molar-refractivity contribution in [1.82, 2.24) is 0 Å². The van der Waals surface area contributed by atoms with Gasteiger partial charge in [-0.15, -0.1) is 0 Å². The number of rotatable bonds is 5. The standard InChI is InChI=1S/C22H36O2/c1-3-4-5-21-19(17-7-6-16(12-17)15(2)23)9-8-18-13-22(14-24-22)11-10-20(18)21/h16-21H,3-14H2,1-2H3/t16-,17+,18-,19-,20-,21-,22?/m0/s1. The van der Waals surface area contributed by atoms with Crippen LogP contribution in [0.15, 0.2) is 0 Å². The summed E-state index contributed by atoms with van der Waals surface area (Å²) in [4.78, 5) is 11.8. The summed E-state index contributed by atoms with van der Waals surface area (Å²) in [6, 6.07) is 0. The highest BCUT2D eigenvalue weighted by atomic mass is 16.6. The summed E-state index contributed by atoms with van der Waals surface area (Å²) in [6.07, 6.45) is 14.8. The first-order valence-corrected chi connectivity index (χ1v) is 10.8. The van der Waals surface area contributed by atoms with Gasteiger partial charge in [0.05, 0.1) is 12.2 Å². The fourth-order valence-electron chi connectivity index (χ4n) is 6.81. The third-order valence-electron chi connectivity index (χ3n) is 8.24. The highest BCUT2D eigenvalue weighted by molar-refractivity contribution is 5.78. The number of Topliss-reactive ketones (excluding diaryl/α,β-unsaturated/α-hetero) is 1. The second-order valence-electron chi connectivity index (χ2n) is 9.57. The van der Waals surface area contributed by atoms with Gasteiger partial charge in [0.1, 0.15) is 5.78 Å². The maximum absolute atomic E-state index is 11.8. The van der Waals surface area contributed by atoms with E-state index in [2.05, 4.69) is 6.92 Å². The van der Waals surface area contributed by atoms with Crippen molar-refractivity contribution >= 4 is 5.78 Å². The Morgan fingerprint density at radius 1 is 1.08 bits per heavy atom. The van der Waals surface area contributed by atoms with E-state index in [1.807, 2.05) is 6.92 Å². The van der Waals surface area contributed by atoms with Crippen LogP contribution in [-0.2, 0) is 9.53 Å². The maximum atomic E-state index is 11.8. The zero-order valence-corrected chi connectivity index (χ0v) is 15.8. The Bertz CT molecular complexity index is 467. The summed E-state index contributed by atoms with van der Waals surface area (Å²) < 4.78 is 5.83. The summed E-state index contributed by atoms with van der Waals surface area (Å²) >= 11 is 0. The zero-order chi connectivity index (χ0) is 16.7. The van der Waals surface area contributed by atoms with Crippen molar-refractivity contribution in [2.75, 3.05) is 6.61 Å². The molecule has 2 heteroatoms. The number of hydrogen-bond donors (Lipinski definition) is 0. The molecule has 0 N–H and O–H groups in total. The molecule has 136 valence electrons. The van der Waals surface area contributed by atoms with Crippen LogP contribution in [0.5, 0.6) is 0 Å². The SMILES string of the molecule is CCCC[C@H]1[C@H]([C@@H]2CC[C@H](C(C)=O)C2)CC[C@H]2CC3(CC[C@@H]21)CO3. The largest absolute Gasteiger partial charge is 0.370 e. The van der Waals surface area contributed by atoms with E-state index in [0.29, 0.717) is 17.3 Å². The molecular formula is C22H36O2. The maximum Gasteiger partial charge on any atom is 0.132 e. The Morgan fingerprint density at radius 3 is 2.50 bits per heavy atom. The van der Waals surface area contributed by atoms with E-state index in [1.54, 1.807) is 0 Å². The van der Waals surface area contributed by atoms with Crippen LogP contribution in [0, 0.1) is 35.5 Å². The molecule has 4 fully saturated rings. The van der Waals surface area contributed by atoms with E-state index in [-0.39, 0.29) is 0 Å². The molecule has 3 aliphatic carbocycles. The first-order chi connectivity index (χ1) is 11.6. The van der Waals surface area contributed by atoms with E-state index in [9.17, 15) is 4.79 Å². The van der Waals surface area contributed by atoms with Crippen molar-refractivity contribution in [2.45, 2.75) is 90.1 Å². The molecule has 1 heterocycles. The third kappa shape index (κ3) is 3.20. The second kappa shape index (κ2) is 6.74. The molecule has 0 aromatic carbocycles. The average molecular weight is 333 g/mol. The molecule has 2 nitrogen and oxygen atoms in total. The molecule has 0 amide bonds. The zero-order valence-electron chi connectivity index (χ0n) is 15.8. The van der Waals surface area contributed by atoms with E-state index >= 15 is 0 Å². The van der Waals surface area contributed by atoms with Crippen molar-refractivity contribution in [3.05, 3.63) is 0 Å². The van der Waals surface area contributed by atoms with Gasteiger partial charge >= 0.3 is 0 Å². The number of ketones is 1. The van der Waals surface area contributed by atoms with E-state index < -0.39 is 0 Å². The summed E-state index contributed by atoms with van der Waals surface area (Å²) in [7, 11) is 0. The first-order valence-electron chi connectivity index (χ1n) is 10.8. The molecule has 0 aromatic rings. The fourth-order valence-corrected chi connectivity index (χ4v) is 6.81. The number of fused-ring (bicyclic) bond motifs is 1. The van der Waals surface area contributed by atoms with Crippen LogP contribution >= 0.6 is 0 Å². The minimum absolute atomic E-state index is 0.330. The lowest BCUT2D eigenvalue weighted by Gasteiger charge is -2.49. The van der Waals surface area contributed by atoms with E-state index in [0.717, 1.165) is 36.2 Å².